The first-order chi connectivity index (χ1) is 17.8. The third kappa shape index (κ3) is 3.90. The van der Waals surface area contributed by atoms with Crippen LogP contribution in [-0.2, 0) is 5.41 Å². The molecule has 0 unspecified atom stereocenters. The van der Waals surface area contributed by atoms with Gasteiger partial charge in [-0.3, -0.25) is 4.98 Å². The molecule has 0 amide bonds. The molecule has 5 nitrogen and oxygen atoms in total. The van der Waals surface area contributed by atoms with Gasteiger partial charge in [0.25, 0.3) is 0 Å². The lowest BCUT2D eigenvalue weighted by molar-refractivity contribution is 0.574. The number of furan rings is 1. The summed E-state index contributed by atoms with van der Waals surface area (Å²) < 4.78 is 8.78. The molecule has 4 aromatic heterocycles. The van der Waals surface area contributed by atoms with E-state index < -0.39 is 0 Å². The molecule has 188 valence electrons. The van der Waals surface area contributed by atoms with E-state index >= 15 is 0 Å². The van der Waals surface area contributed by atoms with Crippen molar-refractivity contribution in [2.75, 3.05) is 0 Å². The number of fused-ring (bicyclic) bond motifs is 6. The monoisotopic (exact) mass is 490 g/mol. The molecule has 0 N–H and O–H groups in total. The summed E-state index contributed by atoms with van der Waals surface area (Å²) in [5.41, 5.74) is 7.99. The van der Waals surface area contributed by atoms with Crippen molar-refractivity contribution in [2.45, 2.75) is 60.8 Å². The lowest BCUT2D eigenvalue weighted by Gasteiger charge is -2.21. The Bertz CT molecular complexity index is 1770. The first kappa shape index (κ1) is 24.7. The number of aromatic nitrogens is 4. The highest BCUT2D eigenvalue weighted by atomic mass is 16.3. The Morgan fingerprint density at radius 3 is 1.97 bits per heavy atom. The number of aryl methyl sites for hydroxylation is 3. The molecule has 0 aliphatic carbocycles. The Morgan fingerprint density at radius 1 is 0.784 bits per heavy atom. The summed E-state index contributed by atoms with van der Waals surface area (Å²) in [6, 6.07) is 18.9. The highest BCUT2D eigenvalue weighted by molar-refractivity contribution is 6.20. The number of nitrogens with zero attached hydrogens (tertiary/aromatic N) is 4. The van der Waals surface area contributed by atoms with E-state index in [-0.39, 0.29) is 5.41 Å². The zero-order valence-electron chi connectivity index (χ0n) is 23.0. The van der Waals surface area contributed by atoms with Gasteiger partial charge in [0, 0.05) is 33.0 Å². The molecule has 0 aliphatic rings. The van der Waals surface area contributed by atoms with E-state index in [1.165, 1.54) is 0 Å². The van der Waals surface area contributed by atoms with E-state index in [0.29, 0.717) is 0 Å². The average molecular weight is 491 g/mol. The summed E-state index contributed by atoms with van der Waals surface area (Å²) >= 11 is 0. The molecule has 0 radical (unpaired) electrons. The normalized spacial score (nSPS) is 11.8. The van der Waals surface area contributed by atoms with E-state index in [1.54, 1.807) is 6.33 Å². The van der Waals surface area contributed by atoms with Crippen molar-refractivity contribution in [3.63, 3.8) is 0 Å². The van der Waals surface area contributed by atoms with Gasteiger partial charge in [0.05, 0.1) is 11.1 Å². The summed E-state index contributed by atoms with van der Waals surface area (Å²) in [7, 11) is 0. The first-order valence-electron chi connectivity index (χ1n) is 13.0. The predicted molar refractivity (Wildman–Crippen MR) is 153 cm³/mol. The van der Waals surface area contributed by atoms with Gasteiger partial charge in [-0.05, 0) is 38.0 Å². The second kappa shape index (κ2) is 9.15. The largest absolute Gasteiger partial charge is 0.453 e. The van der Waals surface area contributed by atoms with Crippen molar-refractivity contribution in [3.8, 4) is 22.6 Å². The maximum atomic E-state index is 6.84. The molecular formula is C32H34N4O. The van der Waals surface area contributed by atoms with Crippen LogP contribution in [0.25, 0.3) is 50.0 Å². The third-order valence-corrected chi connectivity index (χ3v) is 6.77. The average Bonchev–Trinajstić information content (AvgIpc) is 3.50. The van der Waals surface area contributed by atoms with Crippen molar-refractivity contribution >= 4 is 27.3 Å². The fourth-order valence-electron chi connectivity index (χ4n) is 5.12. The molecule has 0 bridgehead atoms. The molecule has 0 spiro atoms. The highest BCUT2D eigenvalue weighted by Gasteiger charge is 2.29. The number of rotatable bonds is 2. The summed E-state index contributed by atoms with van der Waals surface area (Å²) in [6.45, 7) is 16.9. The van der Waals surface area contributed by atoms with Crippen LogP contribution in [0.5, 0.6) is 0 Å². The van der Waals surface area contributed by atoms with Crippen LogP contribution in [-0.4, -0.2) is 19.6 Å². The molecule has 2 aromatic carbocycles. The predicted octanol–water partition coefficient (Wildman–Crippen LogP) is 8.61. The SMILES string of the molecule is CC.Cc1cc2c(c(C(C)(C)C)n1)c1ncnn1c1c(-c3ccccc3C)oc(-c3ccccc3C)c21. The van der Waals surface area contributed by atoms with Crippen LogP contribution in [0.2, 0.25) is 0 Å². The summed E-state index contributed by atoms with van der Waals surface area (Å²) in [4.78, 5) is 9.72. The number of hydrogen-bond donors (Lipinski definition) is 0. The highest BCUT2D eigenvalue weighted by Crippen LogP contribution is 2.46. The van der Waals surface area contributed by atoms with Crippen LogP contribution in [0.4, 0.5) is 0 Å². The second-order valence-corrected chi connectivity index (χ2v) is 10.4. The van der Waals surface area contributed by atoms with E-state index in [9.17, 15) is 0 Å². The number of benzene rings is 2. The van der Waals surface area contributed by atoms with Gasteiger partial charge in [-0.25, -0.2) is 9.50 Å². The molecule has 0 atom stereocenters. The van der Waals surface area contributed by atoms with Crippen molar-refractivity contribution in [1.82, 2.24) is 19.6 Å². The van der Waals surface area contributed by atoms with Crippen LogP contribution in [0.3, 0.4) is 0 Å². The van der Waals surface area contributed by atoms with Gasteiger partial charge in [0.1, 0.15) is 17.6 Å². The standard InChI is InChI=1S/C30H28N4O.C2H6/c1-17-11-7-9-13-20(17)26-23-22-15-19(3)33-28(30(4,5)6)24(22)29-31-16-32-34(29)25(23)27(35-26)21-14-10-8-12-18(21)2;1-2/h7-16H,1-6H3;1-2H3. The van der Waals surface area contributed by atoms with Crippen molar-refractivity contribution in [2.24, 2.45) is 0 Å². The van der Waals surface area contributed by atoms with Gasteiger partial charge in [0.2, 0.25) is 0 Å². The molecule has 0 aliphatic heterocycles. The molecule has 5 heteroatoms. The van der Waals surface area contributed by atoms with Crippen LogP contribution >= 0.6 is 0 Å². The lowest BCUT2D eigenvalue weighted by Crippen LogP contribution is -2.15. The van der Waals surface area contributed by atoms with Gasteiger partial charge >= 0.3 is 0 Å². The van der Waals surface area contributed by atoms with Crippen LogP contribution < -0.4 is 0 Å². The molecule has 0 saturated carbocycles. The van der Waals surface area contributed by atoms with Gasteiger partial charge in [0.15, 0.2) is 11.4 Å². The van der Waals surface area contributed by atoms with Crippen LogP contribution in [0.15, 0.2) is 65.3 Å². The second-order valence-electron chi connectivity index (χ2n) is 10.4. The summed E-state index contributed by atoms with van der Waals surface area (Å²) in [6.07, 6.45) is 1.63. The third-order valence-electron chi connectivity index (χ3n) is 6.77. The zero-order chi connectivity index (χ0) is 26.5. The van der Waals surface area contributed by atoms with E-state index in [1.807, 2.05) is 18.4 Å². The van der Waals surface area contributed by atoms with Gasteiger partial charge in [-0.15, -0.1) is 0 Å². The van der Waals surface area contributed by atoms with Crippen molar-refractivity contribution in [1.29, 1.82) is 0 Å². The first-order valence-corrected chi connectivity index (χ1v) is 13.0. The van der Waals surface area contributed by atoms with Gasteiger partial charge in [-0.1, -0.05) is 83.1 Å². The smallest absolute Gasteiger partial charge is 0.165 e. The molecule has 4 heterocycles. The number of pyridine rings is 2. The van der Waals surface area contributed by atoms with Gasteiger partial charge < -0.3 is 4.42 Å². The Labute approximate surface area is 218 Å². The van der Waals surface area contributed by atoms with Gasteiger partial charge in [-0.2, -0.15) is 5.10 Å². The maximum Gasteiger partial charge on any atom is 0.165 e. The Kier molecular flexibility index (Phi) is 6.10. The topological polar surface area (TPSA) is 56.2 Å². The molecule has 0 fully saturated rings. The van der Waals surface area contributed by atoms with E-state index in [2.05, 4.69) is 96.1 Å². The molecule has 37 heavy (non-hydrogen) atoms. The van der Waals surface area contributed by atoms with Crippen molar-refractivity contribution < 1.29 is 4.42 Å². The lowest BCUT2D eigenvalue weighted by atomic mass is 9.87. The minimum absolute atomic E-state index is 0.171. The maximum absolute atomic E-state index is 6.84. The minimum atomic E-state index is -0.171. The molecular weight excluding hydrogens is 456 g/mol. The Balaban J connectivity index is 0.00000137. The molecule has 6 aromatic rings. The molecule has 6 rings (SSSR count). The van der Waals surface area contributed by atoms with Crippen molar-refractivity contribution in [3.05, 3.63) is 83.4 Å². The minimum Gasteiger partial charge on any atom is -0.453 e. The molecule has 0 saturated heterocycles. The van der Waals surface area contributed by atoms with Crippen LogP contribution in [0, 0.1) is 20.8 Å². The zero-order valence-corrected chi connectivity index (χ0v) is 23.0. The fourth-order valence-corrected chi connectivity index (χ4v) is 5.12. The summed E-state index contributed by atoms with van der Waals surface area (Å²) in [5, 5.41) is 7.87. The van der Waals surface area contributed by atoms with Crippen LogP contribution in [0.1, 0.15) is 57.1 Å². The number of hydrogen-bond acceptors (Lipinski definition) is 4. The Morgan fingerprint density at radius 2 is 1.38 bits per heavy atom. The van der Waals surface area contributed by atoms with E-state index in [0.717, 1.165) is 72.5 Å². The Hall–Kier alpha value is -3.99. The quantitative estimate of drug-likeness (QED) is 0.244. The summed E-state index contributed by atoms with van der Waals surface area (Å²) in [5.74, 6) is 1.66. The van der Waals surface area contributed by atoms with E-state index in [4.69, 9.17) is 19.5 Å². The fraction of sp³-hybridized carbons (Fsp3) is 0.281.